The van der Waals surface area contributed by atoms with Gasteiger partial charge in [0.2, 0.25) is 11.1 Å². The second-order valence-corrected chi connectivity index (χ2v) is 9.68. The Balaban J connectivity index is 1.83. The van der Waals surface area contributed by atoms with E-state index < -0.39 is 6.04 Å². The Kier molecular flexibility index (Phi) is 7.56. The van der Waals surface area contributed by atoms with E-state index in [-0.39, 0.29) is 17.4 Å². The number of nitrogens with zero attached hydrogens (tertiary/aromatic N) is 3. The number of carbonyl (C=O) groups is 1. The standard InChI is InChI=1S/C24H26BrN5O4S/c1-5-34-17-10-8-7-9-16(17)27-22(32)19-13(3)26-23-28-24(35-6-2)29-30(23)20(19)14-11-15(25)21(31)18(12-14)33-4/h7-12,20,31H,5-6H2,1-4H3,(H,27,32)(H,26,28,29). The second kappa shape index (κ2) is 10.6. The molecule has 0 radical (unpaired) electrons. The minimum atomic E-state index is -0.630. The van der Waals surface area contributed by atoms with Crippen molar-refractivity contribution in [1.82, 2.24) is 14.8 Å². The number of amides is 1. The molecule has 2 heterocycles. The zero-order valence-electron chi connectivity index (χ0n) is 19.8. The van der Waals surface area contributed by atoms with Gasteiger partial charge in [0.15, 0.2) is 11.5 Å². The Morgan fingerprint density at radius 3 is 2.77 bits per heavy atom. The number of phenols is 1. The molecule has 1 aliphatic heterocycles. The van der Waals surface area contributed by atoms with E-state index in [2.05, 4.69) is 36.6 Å². The molecule has 3 N–H and O–H groups in total. The molecule has 0 saturated heterocycles. The Morgan fingerprint density at radius 2 is 2.06 bits per heavy atom. The number of benzene rings is 2. The number of hydrogen-bond acceptors (Lipinski definition) is 8. The summed E-state index contributed by atoms with van der Waals surface area (Å²) in [6.45, 7) is 6.21. The van der Waals surface area contributed by atoms with Crippen molar-refractivity contribution < 1.29 is 19.4 Å². The van der Waals surface area contributed by atoms with E-state index in [1.807, 2.05) is 39.0 Å². The minimum Gasteiger partial charge on any atom is -0.503 e. The highest BCUT2D eigenvalue weighted by Gasteiger charge is 2.35. The second-order valence-electron chi connectivity index (χ2n) is 7.60. The predicted octanol–water partition coefficient (Wildman–Crippen LogP) is 5.19. The van der Waals surface area contributed by atoms with Gasteiger partial charge in [-0.05, 0) is 65.4 Å². The first kappa shape index (κ1) is 24.9. The Morgan fingerprint density at radius 1 is 1.29 bits per heavy atom. The molecule has 1 unspecified atom stereocenters. The maximum absolute atomic E-state index is 13.7. The highest BCUT2D eigenvalue weighted by Crippen LogP contribution is 2.42. The first-order valence-electron chi connectivity index (χ1n) is 11.0. The molecule has 11 heteroatoms. The number of rotatable bonds is 8. The number of aromatic hydroxyl groups is 1. The number of aromatic nitrogens is 3. The van der Waals surface area contributed by atoms with Crippen LogP contribution in [-0.2, 0) is 4.79 Å². The van der Waals surface area contributed by atoms with E-state index in [9.17, 15) is 9.90 Å². The average Bonchev–Trinajstić information content (AvgIpc) is 3.23. The summed E-state index contributed by atoms with van der Waals surface area (Å²) in [6.07, 6.45) is 0. The average molecular weight is 560 g/mol. The SMILES string of the molecule is CCOc1ccccc1NC(=O)C1=C(C)Nc2nc(SCC)nn2C1c1cc(Br)c(O)c(OC)c1. The molecule has 0 saturated carbocycles. The molecule has 0 spiro atoms. The summed E-state index contributed by atoms with van der Waals surface area (Å²) in [5, 5.41) is 21.9. The zero-order valence-corrected chi connectivity index (χ0v) is 22.2. The number of para-hydroxylation sites is 2. The molecule has 2 aromatic carbocycles. The number of phenolic OH excluding ortho intramolecular Hbond substituents is 1. The van der Waals surface area contributed by atoms with Gasteiger partial charge < -0.3 is 25.2 Å². The topological polar surface area (TPSA) is 111 Å². The van der Waals surface area contributed by atoms with Gasteiger partial charge in [0.05, 0.1) is 29.4 Å². The molecule has 3 aromatic rings. The van der Waals surface area contributed by atoms with Crippen LogP contribution in [0.4, 0.5) is 11.6 Å². The van der Waals surface area contributed by atoms with E-state index in [1.54, 1.807) is 22.9 Å². The number of fused-ring (bicyclic) bond motifs is 1. The molecule has 35 heavy (non-hydrogen) atoms. The lowest BCUT2D eigenvalue weighted by Gasteiger charge is -2.29. The van der Waals surface area contributed by atoms with Crippen molar-refractivity contribution >= 4 is 45.2 Å². The molecule has 0 bridgehead atoms. The van der Waals surface area contributed by atoms with Crippen LogP contribution in [0.2, 0.25) is 0 Å². The van der Waals surface area contributed by atoms with Gasteiger partial charge in [-0.1, -0.05) is 30.8 Å². The predicted molar refractivity (Wildman–Crippen MR) is 139 cm³/mol. The van der Waals surface area contributed by atoms with E-state index >= 15 is 0 Å². The third-order valence-electron chi connectivity index (χ3n) is 5.37. The number of methoxy groups -OCH3 is 1. The van der Waals surface area contributed by atoms with Crippen LogP contribution < -0.4 is 20.1 Å². The highest BCUT2D eigenvalue weighted by molar-refractivity contribution is 9.10. The van der Waals surface area contributed by atoms with Crippen molar-refractivity contribution in [3.63, 3.8) is 0 Å². The van der Waals surface area contributed by atoms with Gasteiger partial charge in [0.1, 0.15) is 11.8 Å². The van der Waals surface area contributed by atoms with Gasteiger partial charge in [0, 0.05) is 5.70 Å². The minimum absolute atomic E-state index is 0.0245. The van der Waals surface area contributed by atoms with Gasteiger partial charge >= 0.3 is 0 Å². The molecule has 184 valence electrons. The van der Waals surface area contributed by atoms with Gasteiger partial charge in [-0.25, -0.2) is 4.68 Å². The summed E-state index contributed by atoms with van der Waals surface area (Å²) in [5.41, 5.74) is 2.34. The maximum atomic E-state index is 13.7. The molecular formula is C24H26BrN5O4S. The molecule has 1 amide bonds. The number of hydrogen-bond donors (Lipinski definition) is 3. The maximum Gasteiger partial charge on any atom is 0.255 e. The summed E-state index contributed by atoms with van der Waals surface area (Å²) >= 11 is 4.91. The van der Waals surface area contributed by atoms with Gasteiger partial charge in [0.25, 0.3) is 5.91 Å². The fraction of sp³-hybridized carbons (Fsp3) is 0.292. The lowest BCUT2D eigenvalue weighted by molar-refractivity contribution is -0.113. The van der Waals surface area contributed by atoms with Crippen LogP contribution in [0.15, 0.2) is 57.3 Å². The molecule has 4 rings (SSSR count). The van der Waals surface area contributed by atoms with Crippen molar-refractivity contribution in [2.24, 2.45) is 0 Å². The number of halogens is 1. The quantitative estimate of drug-likeness (QED) is 0.323. The van der Waals surface area contributed by atoms with Crippen LogP contribution in [0.1, 0.15) is 32.4 Å². The van der Waals surface area contributed by atoms with Gasteiger partial charge in [-0.2, -0.15) is 4.98 Å². The van der Waals surface area contributed by atoms with Gasteiger partial charge in [-0.3, -0.25) is 4.79 Å². The number of carbonyl (C=O) groups excluding carboxylic acids is 1. The van der Waals surface area contributed by atoms with E-state index in [0.29, 0.717) is 50.5 Å². The molecule has 0 aliphatic carbocycles. The van der Waals surface area contributed by atoms with Crippen LogP contribution in [0, 0.1) is 0 Å². The summed E-state index contributed by atoms with van der Waals surface area (Å²) in [7, 11) is 1.48. The fourth-order valence-electron chi connectivity index (χ4n) is 3.87. The van der Waals surface area contributed by atoms with Crippen molar-refractivity contribution in [1.29, 1.82) is 0 Å². The van der Waals surface area contributed by atoms with E-state index in [0.717, 1.165) is 5.75 Å². The highest BCUT2D eigenvalue weighted by atomic mass is 79.9. The lowest BCUT2D eigenvalue weighted by atomic mass is 9.94. The normalized spacial score (nSPS) is 14.8. The van der Waals surface area contributed by atoms with Crippen LogP contribution in [0.5, 0.6) is 17.2 Å². The number of anilines is 2. The first-order chi connectivity index (χ1) is 16.9. The number of nitrogens with one attached hydrogen (secondary N) is 2. The number of ether oxygens (including phenoxy) is 2. The van der Waals surface area contributed by atoms with Crippen LogP contribution >= 0.6 is 27.7 Å². The molecule has 1 aromatic heterocycles. The summed E-state index contributed by atoms with van der Waals surface area (Å²) in [4.78, 5) is 18.3. The molecule has 0 fully saturated rings. The monoisotopic (exact) mass is 559 g/mol. The van der Waals surface area contributed by atoms with Crippen molar-refractivity contribution in [2.45, 2.75) is 32.0 Å². The Hall–Kier alpha value is -3.18. The molecular weight excluding hydrogens is 534 g/mol. The van der Waals surface area contributed by atoms with Crippen LogP contribution in [0.25, 0.3) is 0 Å². The van der Waals surface area contributed by atoms with Crippen LogP contribution in [-0.4, -0.2) is 45.2 Å². The molecule has 1 aliphatic rings. The van der Waals surface area contributed by atoms with Gasteiger partial charge in [-0.15, -0.1) is 5.10 Å². The number of thioether (sulfide) groups is 1. The lowest BCUT2D eigenvalue weighted by Crippen LogP contribution is -2.31. The van der Waals surface area contributed by atoms with E-state index in [4.69, 9.17) is 9.47 Å². The summed E-state index contributed by atoms with van der Waals surface area (Å²) in [5.74, 6) is 1.85. The van der Waals surface area contributed by atoms with E-state index in [1.165, 1.54) is 18.9 Å². The third kappa shape index (κ3) is 4.96. The molecule has 9 nitrogen and oxygen atoms in total. The number of allylic oxidation sites excluding steroid dienone is 1. The largest absolute Gasteiger partial charge is 0.503 e. The third-order valence-corrected chi connectivity index (χ3v) is 6.70. The zero-order chi connectivity index (χ0) is 25.1. The summed E-state index contributed by atoms with van der Waals surface area (Å²) in [6, 6.07) is 10.1. The first-order valence-corrected chi connectivity index (χ1v) is 12.8. The van der Waals surface area contributed by atoms with Crippen LogP contribution in [0.3, 0.4) is 0 Å². The molecule has 1 atom stereocenters. The van der Waals surface area contributed by atoms with Crippen molar-refractivity contribution in [3.8, 4) is 17.2 Å². The Bertz CT molecular complexity index is 1290. The summed E-state index contributed by atoms with van der Waals surface area (Å²) < 4.78 is 13.2. The van der Waals surface area contributed by atoms with Crippen molar-refractivity contribution in [2.75, 3.05) is 30.1 Å². The Labute approximate surface area is 216 Å². The van der Waals surface area contributed by atoms with Crippen molar-refractivity contribution in [3.05, 3.63) is 57.7 Å². The fourth-order valence-corrected chi connectivity index (χ4v) is 4.89. The smallest absolute Gasteiger partial charge is 0.255 e.